The zero-order chi connectivity index (χ0) is 28.6. The maximum atomic E-state index is 14.0. The van der Waals surface area contributed by atoms with Gasteiger partial charge in [-0.25, -0.2) is 8.42 Å². The van der Waals surface area contributed by atoms with Gasteiger partial charge in [0.1, 0.15) is 12.6 Å². The van der Waals surface area contributed by atoms with Crippen LogP contribution in [-0.4, -0.2) is 50.0 Å². The molecule has 0 unspecified atom stereocenters. The van der Waals surface area contributed by atoms with E-state index in [0.717, 1.165) is 39.2 Å². The molecule has 0 saturated carbocycles. The number of amides is 2. The molecule has 0 bridgehead atoms. The van der Waals surface area contributed by atoms with Crippen molar-refractivity contribution in [1.29, 1.82) is 0 Å². The second kappa shape index (κ2) is 13.4. The van der Waals surface area contributed by atoms with Gasteiger partial charge in [0.05, 0.1) is 11.9 Å². The second-order valence-electron chi connectivity index (χ2n) is 10.2. The summed E-state index contributed by atoms with van der Waals surface area (Å²) in [6.45, 7) is 7.48. The van der Waals surface area contributed by atoms with E-state index in [9.17, 15) is 18.0 Å². The van der Waals surface area contributed by atoms with E-state index in [-0.39, 0.29) is 18.5 Å². The van der Waals surface area contributed by atoms with E-state index in [1.54, 1.807) is 12.1 Å². The Bertz CT molecular complexity index is 1340. The molecule has 0 aliphatic heterocycles. The fraction of sp³-hybridized carbons (Fsp3) is 0.355. The topological polar surface area (TPSA) is 86.8 Å². The number of hydrogen-bond acceptors (Lipinski definition) is 4. The standard InChI is InChI=1S/C31H39N3O4S/c1-6-25-16-18-28(19-17-25)34(39(5,37)38)22-30(35)33(21-27-14-12-24(4)13-15-27)29(31(36)32-23(2)3)20-26-10-8-7-9-11-26/h7-19,23,29H,6,20-22H2,1-5H3,(H,32,36)/t29-/m1/s1. The van der Waals surface area contributed by atoms with E-state index in [2.05, 4.69) is 5.32 Å². The number of carbonyl (C=O) groups excluding carboxylic acids is 2. The van der Waals surface area contributed by atoms with Crippen molar-refractivity contribution in [2.45, 2.75) is 59.2 Å². The molecule has 208 valence electrons. The van der Waals surface area contributed by atoms with Crippen LogP contribution in [0.3, 0.4) is 0 Å². The van der Waals surface area contributed by atoms with Gasteiger partial charge in [0.15, 0.2) is 0 Å². The Morgan fingerprint density at radius 1 is 0.846 bits per heavy atom. The van der Waals surface area contributed by atoms with E-state index < -0.39 is 28.5 Å². The molecule has 0 spiro atoms. The molecule has 3 aromatic rings. The number of sulfonamides is 1. The van der Waals surface area contributed by atoms with Crippen molar-refractivity contribution >= 4 is 27.5 Å². The largest absolute Gasteiger partial charge is 0.352 e. The number of rotatable bonds is 12. The zero-order valence-corrected chi connectivity index (χ0v) is 24.2. The molecule has 3 rings (SSSR count). The second-order valence-corrected chi connectivity index (χ2v) is 12.1. The number of anilines is 1. The van der Waals surface area contributed by atoms with Gasteiger partial charge in [0.25, 0.3) is 0 Å². The van der Waals surface area contributed by atoms with Crippen molar-refractivity contribution in [2.24, 2.45) is 0 Å². The molecule has 0 radical (unpaired) electrons. The fourth-order valence-corrected chi connectivity index (χ4v) is 5.19. The molecule has 3 aromatic carbocycles. The minimum atomic E-state index is -3.78. The van der Waals surface area contributed by atoms with Gasteiger partial charge in [-0.05, 0) is 56.0 Å². The van der Waals surface area contributed by atoms with Gasteiger partial charge >= 0.3 is 0 Å². The molecule has 1 atom stereocenters. The number of benzene rings is 3. The van der Waals surface area contributed by atoms with Gasteiger partial charge < -0.3 is 10.2 Å². The Kier molecular flexibility index (Phi) is 10.3. The summed E-state index contributed by atoms with van der Waals surface area (Å²) in [5.74, 6) is -0.743. The van der Waals surface area contributed by atoms with Gasteiger partial charge in [0, 0.05) is 19.0 Å². The van der Waals surface area contributed by atoms with Crippen molar-refractivity contribution < 1.29 is 18.0 Å². The summed E-state index contributed by atoms with van der Waals surface area (Å²) < 4.78 is 26.8. The van der Waals surface area contributed by atoms with Crippen molar-refractivity contribution in [3.8, 4) is 0 Å². The van der Waals surface area contributed by atoms with E-state index in [1.807, 2.05) is 94.4 Å². The van der Waals surface area contributed by atoms with Gasteiger partial charge in [0.2, 0.25) is 21.8 Å². The molecule has 0 aromatic heterocycles. The average molecular weight is 550 g/mol. The highest BCUT2D eigenvalue weighted by atomic mass is 32.2. The molecule has 1 N–H and O–H groups in total. The van der Waals surface area contributed by atoms with Crippen LogP contribution in [0.2, 0.25) is 0 Å². The summed E-state index contributed by atoms with van der Waals surface area (Å²) in [6, 6.07) is 23.5. The van der Waals surface area contributed by atoms with Gasteiger partial charge in [-0.3, -0.25) is 13.9 Å². The molecule has 0 saturated heterocycles. The quantitative estimate of drug-likeness (QED) is 0.361. The third kappa shape index (κ3) is 8.68. The number of aryl methyl sites for hydroxylation is 2. The lowest BCUT2D eigenvalue weighted by atomic mass is 10.0. The number of carbonyl (C=O) groups is 2. The summed E-state index contributed by atoms with van der Waals surface area (Å²) in [7, 11) is -3.78. The summed E-state index contributed by atoms with van der Waals surface area (Å²) in [5.41, 5.74) is 4.30. The number of hydrogen-bond donors (Lipinski definition) is 1. The highest BCUT2D eigenvalue weighted by molar-refractivity contribution is 7.92. The first-order chi connectivity index (χ1) is 18.5. The van der Waals surface area contributed by atoms with Crippen LogP contribution in [0.25, 0.3) is 0 Å². The van der Waals surface area contributed by atoms with Crippen molar-refractivity contribution in [3.63, 3.8) is 0 Å². The summed E-state index contributed by atoms with van der Waals surface area (Å²) >= 11 is 0. The van der Waals surface area contributed by atoms with Crippen LogP contribution in [0, 0.1) is 6.92 Å². The van der Waals surface area contributed by atoms with E-state index in [1.165, 1.54) is 4.90 Å². The van der Waals surface area contributed by atoms with Crippen LogP contribution in [0.1, 0.15) is 43.0 Å². The summed E-state index contributed by atoms with van der Waals surface area (Å²) in [4.78, 5) is 29.1. The van der Waals surface area contributed by atoms with Crippen LogP contribution in [0.4, 0.5) is 5.69 Å². The van der Waals surface area contributed by atoms with Crippen molar-refractivity contribution in [2.75, 3.05) is 17.1 Å². The minimum absolute atomic E-state index is 0.128. The predicted molar refractivity (Wildman–Crippen MR) is 157 cm³/mol. The fourth-order valence-electron chi connectivity index (χ4n) is 4.34. The zero-order valence-electron chi connectivity index (χ0n) is 23.4. The molecule has 0 heterocycles. The highest BCUT2D eigenvalue weighted by Gasteiger charge is 2.33. The maximum absolute atomic E-state index is 14.0. The Morgan fingerprint density at radius 3 is 1.97 bits per heavy atom. The van der Waals surface area contributed by atoms with Crippen LogP contribution in [-0.2, 0) is 39.0 Å². The first kappa shape index (κ1) is 29.9. The Morgan fingerprint density at radius 2 is 1.44 bits per heavy atom. The normalized spacial score (nSPS) is 12.2. The lowest BCUT2D eigenvalue weighted by Gasteiger charge is -2.34. The third-order valence-corrected chi connectivity index (χ3v) is 7.63. The van der Waals surface area contributed by atoms with Crippen LogP contribution >= 0.6 is 0 Å². The molecule has 39 heavy (non-hydrogen) atoms. The molecular weight excluding hydrogens is 510 g/mol. The Hall–Kier alpha value is -3.65. The van der Waals surface area contributed by atoms with Gasteiger partial charge in [-0.1, -0.05) is 79.2 Å². The first-order valence-corrected chi connectivity index (χ1v) is 15.1. The molecule has 8 heteroatoms. The van der Waals surface area contributed by atoms with Gasteiger partial charge in [-0.15, -0.1) is 0 Å². The predicted octanol–water partition coefficient (Wildman–Crippen LogP) is 4.49. The molecule has 0 fully saturated rings. The van der Waals surface area contributed by atoms with Crippen LogP contribution < -0.4 is 9.62 Å². The van der Waals surface area contributed by atoms with Crippen molar-refractivity contribution in [1.82, 2.24) is 10.2 Å². The third-order valence-electron chi connectivity index (χ3n) is 6.49. The van der Waals surface area contributed by atoms with Crippen LogP contribution in [0.15, 0.2) is 78.9 Å². The van der Waals surface area contributed by atoms with E-state index >= 15 is 0 Å². The highest BCUT2D eigenvalue weighted by Crippen LogP contribution is 2.21. The molecule has 0 aliphatic carbocycles. The molecule has 2 amide bonds. The summed E-state index contributed by atoms with van der Waals surface area (Å²) in [5, 5.41) is 2.96. The SMILES string of the molecule is CCc1ccc(N(CC(=O)N(Cc2ccc(C)cc2)[C@H](Cc2ccccc2)C(=O)NC(C)C)S(C)(=O)=O)cc1. The van der Waals surface area contributed by atoms with E-state index in [0.29, 0.717) is 12.1 Å². The molecule has 0 aliphatic rings. The lowest BCUT2D eigenvalue weighted by Crippen LogP contribution is -2.54. The van der Waals surface area contributed by atoms with E-state index in [4.69, 9.17) is 0 Å². The van der Waals surface area contributed by atoms with Crippen LogP contribution in [0.5, 0.6) is 0 Å². The van der Waals surface area contributed by atoms with Gasteiger partial charge in [-0.2, -0.15) is 0 Å². The lowest BCUT2D eigenvalue weighted by molar-refractivity contribution is -0.140. The minimum Gasteiger partial charge on any atom is -0.352 e. The maximum Gasteiger partial charge on any atom is 0.244 e. The Balaban J connectivity index is 2.03. The first-order valence-electron chi connectivity index (χ1n) is 13.2. The molecular formula is C31H39N3O4S. The Labute approximate surface area is 232 Å². The van der Waals surface area contributed by atoms with Crippen molar-refractivity contribution in [3.05, 3.63) is 101 Å². The number of nitrogens with zero attached hydrogens (tertiary/aromatic N) is 2. The average Bonchev–Trinajstić information content (AvgIpc) is 2.90. The monoisotopic (exact) mass is 549 g/mol. The molecule has 7 nitrogen and oxygen atoms in total. The smallest absolute Gasteiger partial charge is 0.244 e. The summed E-state index contributed by atoms with van der Waals surface area (Å²) in [6.07, 6.45) is 2.20. The number of nitrogens with one attached hydrogen (secondary N) is 1.